The summed E-state index contributed by atoms with van der Waals surface area (Å²) in [5, 5.41) is 11.5. The molecule has 2 aromatic carbocycles. The van der Waals surface area contributed by atoms with Gasteiger partial charge in [0.15, 0.2) is 23.0 Å². The van der Waals surface area contributed by atoms with Crippen LogP contribution in [0.3, 0.4) is 0 Å². The number of hydrogen-bond acceptors (Lipinski definition) is 8. The first kappa shape index (κ1) is 27.1. The van der Waals surface area contributed by atoms with Gasteiger partial charge in [0.25, 0.3) is 11.7 Å². The fourth-order valence-corrected chi connectivity index (χ4v) is 4.83. The van der Waals surface area contributed by atoms with Crippen molar-refractivity contribution in [3.63, 3.8) is 0 Å². The summed E-state index contributed by atoms with van der Waals surface area (Å²) in [7, 11) is 0. The van der Waals surface area contributed by atoms with E-state index in [2.05, 4.69) is 11.9 Å². The van der Waals surface area contributed by atoms with Gasteiger partial charge in [-0.25, -0.2) is 0 Å². The van der Waals surface area contributed by atoms with E-state index >= 15 is 0 Å². The largest absolute Gasteiger partial charge is 0.507 e. The molecule has 2 aliphatic heterocycles. The van der Waals surface area contributed by atoms with Crippen LogP contribution in [0, 0.1) is 0 Å². The van der Waals surface area contributed by atoms with Gasteiger partial charge in [0, 0.05) is 24.5 Å². The van der Waals surface area contributed by atoms with Gasteiger partial charge in [-0.1, -0.05) is 19.4 Å². The van der Waals surface area contributed by atoms with Crippen molar-refractivity contribution >= 4 is 17.4 Å². The van der Waals surface area contributed by atoms with Crippen molar-refractivity contribution in [3.05, 3.63) is 83.2 Å². The SMILES string of the molecule is CCCCOc1ccc([C@@H]2C(=C(O)c3ccc4c(c3)OCCO4)C(=O)C(=O)N2Cc2ccncc2)cc1OCC. The Labute approximate surface area is 233 Å². The Morgan fingerprint density at radius 3 is 2.50 bits per heavy atom. The van der Waals surface area contributed by atoms with Gasteiger partial charge in [-0.15, -0.1) is 0 Å². The van der Waals surface area contributed by atoms with Gasteiger partial charge >= 0.3 is 0 Å². The van der Waals surface area contributed by atoms with Crippen LogP contribution in [0.25, 0.3) is 5.76 Å². The first-order chi connectivity index (χ1) is 19.5. The molecule has 3 heterocycles. The fourth-order valence-electron chi connectivity index (χ4n) is 4.83. The highest BCUT2D eigenvalue weighted by Crippen LogP contribution is 2.43. The number of fused-ring (bicyclic) bond motifs is 1. The summed E-state index contributed by atoms with van der Waals surface area (Å²) in [4.78, 5) is 32.5. The van der Waals surface area contributed by atoms with Crippen LogP contribution in [-0.4, -0.2) is 53.1 Å². The van der Waals surface area contributed by atoms with Crippen molar-refractivity contribution in [2.75, 3.05) is 26.4 Å². The molecule has 1 atom stereocenters. The van der Waals surface area contributed by atoms with Gasteiger partial charge in [0.2, 0.25) is 0 Å². The number of carbonyl (C=O) groups is 2. The molecule has 0 bridgehead atoms. The normalized spacial score (nSPS) is 17.6. The second-order valence-electron chi connectivity index (χ2n) is 9.48. The number of hydrogen-bond donors (Lipinski definition) is 1. The van der Waals surface area contributed by atoms with Crippen molar-refractivity contribution in [3.8, 4) is 23.0 Å². The molecule has 0 aliphatic carbocycles. The highest BCUT2D eigenvalue weighted by atomic mass is 16.6. The lowest BCUT2D eigenvalue weighted by molar-refractivity contribution is -0.140. The molecule has 40 heavy (non-hydrogen) atoms. The Morgan fingerprint density at radius 1 is 0.975 bits per heavy atom. The lowest BCUT2D eigenvalue weighted by Gasteiger charge is -2.26. The minimum absolute atomic E-state index is 0.0159. The van der Waals surface area contributed by atoms with Crippen molar-refractivity contribution in [1.82, 2.24) is 9.88 Å². The van der Waals surface area contributed by atoms with Gasteiger partial charge in [0.05, 0.1) is 24.8 Å². The molecule has 9 heteroatoms. The number of rotatable bonds is 10. The second-order valence-corrected chi connectivity index (χ2v) is 9.48. The third-order valence-electron chi connectivity index (χ3n) is 6.80. The first-order valence-corrected chi connectivity index (χ1v) is 13.5. The Kier molecular flexibility index (Phi) is 8.19. The molecule has 0 radical (unpaired) electrons. The number of aliphatic hydroxyl groups excluding tert-OH is 1. The number of nitrogens with zero attached hydrogens (tertiary/aromatic N) is 2. The van der Waals surface area contributed by atoms with Gasteiger partial charge < -0.3 is 29.0 Å². The monoisotopic (exact) mass is 544 g/mol. The molecule has 1 fully saturated rings. The molecular weight excluding hydrogens is 512 g/mol. The molecular formula is C31H32N2O7. The molecule has 1 N–H and O–H groups in total. The lowest BCUT2D eigenvalue weighted by Crippen LogP contribution is -2.29. The number of unbranched alkanes of at least 4 members (excludes halogenated alkanes) is 1. The van der Waals surface area contributed by atoms with E-state index < -0.39 is 17.7 Å². The molecule has 2 aliphatic rings. The minimum Gasteiger partial charge on any atom is -0.507 e. The maximum atomic E-state index is 13.5. The van der Waals surface area contributed by atoms with E-state index in [1.807, 2.05) is 6.92 Å². The molecule has 1 saturated heterocycles. The van der Waals surface area contributed by atoms with Crippen molar-refractivity contribution in [1.29, 1.82) is 0 Å². The number of ether oxygens (including phenoxy) is 4. The van der Waals surface area contributed by atoms with Crippen LogP contribution in [0.4, 0.5) is 0 Å². The zero-order valence-corrected chi connectivity index (χ0v) is 22.6. The molecule has 1 aromatic heterocycles. The summed E-state index contributed by atoms with van der Waals surface area (Å²) >= 11 is 0. The number of benzene rings is 2. The van der Waals surface area contributed by atoms with Crippen LogP contribution >= 0.6 is 0 Å². The van der Waals surface area contributed by atoms with Crippen LogP contribution in [0.15, 0.2) is 66.5 Å². The number of ketones is 1. The second kappa shape index (κ2) is 12.1. The van der Waals surface area contributed by atoms with E-state index in [-0.39, 0.29) is 17.9 Å². The predicted molar refractivity (Wildman–Crippen MR) is 148 cm³/mol. The number of carbonyl (C=O) groups excluding carboxylic acids is 2. The Bertz CT molecular complexity index is 1420. The van der Waals surface area contributed by atoms with E-state index in [0.717, 1.165) is 18.4 Å². The average molecular weight is 545 g/mol. The topological polar surface area (TPSA) is 107 Å². The van der Waals surface area contributed by atoms with Crippen molar-refractivity contribution in [2.24, 2.45) is 0 Å². The molecule has 9 nitrogen and oxygen atoms in total. The lowest BCUT2D eigenvalue weighted by atomic mass is 9.94. The molecule has 0 saturated carbocycles. The van der Waals surface area contributed by atoms with Crippen LogP contribution in [0.2, 0.25) is 0 Å². The Morgan fingerprint density at radius 2 is 1.75 bits per heavy atom. The quantitative estimate of drug-likeness (QED) is 0.164. The molecule has 0 unspecified atom stereocenters. The first-order valence-electron chi connectivity index (χ1n) is 13.5. The maximum Gasteiger partial charge on any atom is 0.295 e. The Hall–Kier alpha value is -4.53. The van der Waals surface area contributed by atoms with E-state index in [1.165, 1.54) is 4.90 Å². The smallest absolute Gasteiger partial charge is 0.295 e. The van der Waals surface area contributed by atoms with Crippen LogP contribution in [-0.2, 0) is 16.1 Å². The predicted octanol–water partition coefficient (Wildman–Crippen LogP) is 5.05. The molecule has 1 amide bonds. The number of Topliss-reactive ketones (excluding diaryl/α,β-unsaturated/α-hetero) is 1. The number of aromatic nitrogens is 1. The summed E-state index contributed by atoms with van der Waals surface area (Å²) in [5.74, 6) is 0.332. The van der Waals surface area contributed by atoms with E-state index in [0.29, 0.717) is 60.6 Å². The number of aliphatic hydroxyl groups is 1. The Balaban J connectivity index is 1.61. The minimum atomic E-state index is -0.870. The van der Waals surface area contributed by atoms with Crippen molar-refractivity contribution in [2.45, 2.75) is 39.3 Å². The third-order valence-corrected chi connectivity index (χ3v) is 6.80. The number of amides is 1. The zero-order chi connectivity index (χ0) is 28.1. The standard InChI is InChI=1S/C31H32N2O7/c1-3-5-14-38-23-8-6-21(17-25(23)37-4-2)28-27(29(34)22-7-9-24-26(18-22)40-16-15-39-24)30(35)31(36)33(28)19-20-10-12-32-13-11-20/h6-13,17-18,28,34H,3-5,14-16,19H2,1-2H3/t28-/m1/s1. The maximum absolute atomic E-state index is 13.5. The molecule has 208 valence electrons. The van der Waals surface area contributed by atoms with E-state index in [1.54, 1.807) is 60.9 Å². The van der Waals surface area contributed by atoms with Gasteiger partial charge in [0.1, 0.15) is 19.0 Å². The van der Waals surface area contributed by atoms with E-state index in [4.69, 9.17) is 18.9 Å². The fraction of sp³-hybridized carbons (Fsp3) is 0.323. The third kappa shape index (κ3) is 5.45. The van der Waals surface area contributed by atoms with Crippen LogP contribution in [0.5, 0.6) is 23.0 Å². The van der Waals surface area contributed by atoms with Gasteiger partial charge in [-0.05, 0) is 66.9 Å². The van der Waals surface area contributed by atoms with Crippen LogP contribution < -0.4 is 18.9 Å². The molecule has 3 aromatic rings. The number of pyridine rings is 1. The van der Waals surface area contributed by atoms with Gasteiger partial charge in [-0.3, -0.25) is 14.6 Å². The average Bonchev–Trinajstić information content (AvgIpc) is 3.23. The summed E-state index contributed by atoms with van der Waals surface area (Å²) in [6.45, 7) is 5.86. The summed E-state index contributed by atoms with van der Waals surface area (Å²) in [6, 6.07) is 13.0. The van der Waals surface area contributed by atoms with Gasteiger partial charge in [-0.2, -0.15) is 0 Å². The van der Waals surface area contributed by atoms with Crippen molar-refractivity contribution < 1.29 is 33.6 Å². The number of likely N-dealkylation sites (tertiary alicyclic amines) is 1. The highest BCUT2D eigenvalue weighted by molar-refractivity contribution is 6.46. The summed E-state index contributed by atoms with van der Waals surface area (Å²) in [5.41, 5.74) is 1.74. The van der Waals surface area contributed by atoms with E-state index in [9.17, 15) is 14.7 Å². The molecule has 5 rings (SSSR count). The highest BCUT2D eigenvalue weighted by Gasteiger charge is 2.46. The van der Waals surface area contributed by atoms with Crippen LogP contribution in [0.1, 0.15) is 49.4 Å². The summed E-state index contributed by atoms with van der Waals surface area (Å²) < 4.78 is 23.1. The zero-order valence-electron chi connectivity index (χ0n) is 22.6. The molecule has 0 spiro atoms. The summed E-state index contributed by atoms with van der Waals surface area (Å²) in [6.07, 6.45) is 5.15.